The zero-order valence-corrected chi connectivity index (χ0v) is 14.9. The second-order valence-electron chi connectivity index (χ2n) is 4.25. The van der Waals surface area contributed by atoms with Crippen LogP contribution in [0.25, 0.3) is 0 Å². The number of hydrogen-bond acceptors (Lipinski definition) is 5. The molecule has 0 saturated carbocycles. The molecule has 2 rings (SSSR count). The van der Waals surface area contributed by atoms with Crippen molar-refractivity contribution in [3.05, 3.63) is 30.1 Å². The van der Waals surface area contributed by atoms with Gasteiger partial charge in [-0.3, -0.25) is 4.68 Å². The normalized spacial score (nSPS) is 10.8. The lowest BCUT2D eigenvalue weighted by molar-refractivity contribution is 0.355. The second kappa shape index (κ2) is 8.41. The molecule has 3 N–H and O–H groups in total. The van der Waals surface area contributed by atoms with Crippen molar-refractivity contribution in [2.75, 3.05) is 19.5 Å². The van der Waals surface area contributed by atoms with Crippen LogP contribution in [0.4, 0.5) is 5.69 Å². The Morgan fingerprint density at radius 1 is 1.32 bits per heavy atom. The molecule has 120 valence electrons. The Balaban J connectivity index is 0.00000242. The first-order valence-electron chi connectivity index (χ1n) is 6.26. The summed E-state index contributed by atoms with van der Waals surface area (Å²) in [5, 5.41) is 10.6. The van der Waals surface area contributed by atoms with E-state index in [-0.39, 0.29) is 24.0 Å². The summed E-state index contributed by atoms with van der Waals surface area (Å²) in [7, 11) is 4.97. The summed E-state index contributed by atoms with van der Waals surface area (Å²) in [4.78, 5) is 4.23. The van der Waals surface area contributed by atoms with Crippen molar-refractivity contribution in [1.29, 1.82) is 0 Å². The highest BCUT2D eigenvalue weighted by Gasteiger charge is 2.05. The van der Waals surface area contributed by atoms with Gasteiger partial charge in [-0.25, -0.2) is 4.99 Å². The van der Waals surface area contributed by atoms with Gasteiger partial charge < -0.3 is 20.5 Å². The van der Waals surface area contributed by atoms with E-state index in [4.69, 9.17) is 15.2 Å². The lowest BCUT2D eigenvalue weighted by Crippen LogP contribution is -2.22. The number of ether oxygens (including phenoxy) is 2. The number of nitrogens with one attached hydrogen (secondary N) is 1. The van der Waals surface area contributed by atoms with E-state index in [2.05, 4.69) is 20.6 Å². The molecule has 8 nitrogen and oxygen atoms in total. The van der Waals surface area contributed by atoms with Gasteiger partial charge in [0.1, 0.15) is 0 Å². The van der Waals surface area contributed by atoms with Crippen LogP contribution in [0.2, 0.25) is 0 Å². The van der Waals surface area contributed by atoms with Crippen LogP contribution in [0.5, 0.6) is 11.5 Å². The SMILES string of the molecule is COc1ccc(NC(N)=NCc2cnnn2C)cc1OC.I. The van der Waals surface area contributed by atoms with E-state index in [0.29, 0.717) is 24.0 Å². The van der Waals surface area contributed by atoms with Crippen LogP contribution < -0.4 is 20.5 Å². The molecule has 0 saturated heterocycles. The first-order chi connectivity index (χ1) is 10.1. The highest BCUT2D eigenvalue weighted by Crippen LogP contribution is 2.29. The van der Waals surface area contributed by atoms with E-state index >= 15 is 0 Å². The van der Waals surface area contributed by atoms with Gasteiger partial charge in [-0.1, -0.05) is 5.21 Å². The number of hydrogen-bond donors (Lipinski definition) is 2. The standard InChI is InChI=1S/C13H18N6O2.HI/c1-19-10(8-16-18-19)7-15-13(14)17-9-4-5-11(20-2)12(6-9)21-3;/h4-6,8H,7H2,1-3H3,(H3,14,15,17);1H. The van der Waals surface area contributed by atoms with Crippen LogP contribution in [0, 0.1) is 0 Å². The Bertz CT molecular complexity index is 643. The third-order valence-electron chi connectivity index (χ3n) is 2.88. The number of aromatic nitrogens is 3. The smallest absolute Gasteiger partial charge is 0.193 e. The topological polar surface area (TPSA) is 99.6 Å². The van der Waals surface area contributed by atoms with Crippen LogP contribution in [0.1, 0.15) is 5.69 Å². The summed E-state index contributed by atoms with van der Waals surface area (Å²) in [5.41, 5.74) is 7.48. The van der Waals surface area contributed by atoms with Gasteiger partial charge in [0.2, 0.25) is 0 Å². The molecule has 9 heteroatoms. The molecule has 0 atom stereocenters. The molecule has 1 aromatic carbocycles. The van der Waals surface area contributed by atoms with Gasteiger partial charge in [0.05, 0.1) is 32.7 Å². The Hall–Kier alpha value is -2.04. The van der Waals surface area contributed by atoms with Crippen LogP contribution >= 0.6 is 24.0 Å². The van der Waals surface area contributed by atoms with Gasteiger partial charge in [-0.05, 0) is 12.1 Å². The molecule has 1 aromatic heterocycles. The van der Waals surface area contributed by atoms with Crippen molar-refractivity contribution in [2.45, 2.75) is 6.54 Å². The molecular weight excluding hydrogens is 399 g/mol. The molecule has 1 heterocycles. The zero-order chi connectivity index (χ0) is 15.2. The minimum atomic E-state index is 0. The van der Waals surface area contributed by atoms with Crippen molar-refractivity contribution in [2.24, 2.45) is 17.8 Å². The minimum Gasteiger partial charge on any atom is -0.493 e. The number of aliphatic imine (C=N–C) groups is 1. The fourth-order valence-electron chi connectivity index (χ4n) is 1.72. The van der Waals surface area contributed by atoms with Crippen LogP contribution in [0.15, 0.2) is 29.4 Å². The Kier molecular flexibility index (Phi) is 6.89. The predicted octanol–water partition coefficient (Wildman–Crippen LogP) is 1.38. The number of benzene rings is 1. The Morgan fingerprint density at radius 2 is 2.05 bits per heavy atom. The largest absolute Gasteiger partial charge is 0.493 e. The number of nitrogens with two attached hydrogens (primary N) is 1. The zero-order valence-electron chi connectivity index (χ0n) is 12.6. The highest BCUT2D eigenvalue weighted by atomic mass is 127. The number of guanidine groups is 1. The summed E-state index contributed by atoms with van der Waals surface area (Å²) in [6.45, 7) is 0.398. The van der Waals surface area contributed by atoms with Gasteiger partial charge in [0, 0.05) is 18.8 Å². The first-order valence-corrected chi connectivity index (χ1v) is 6.26. The van der Waals surface area contributed by atoms with Gasteiger partial charge in [0.15, 0.2) is 17.5 Å². The monoisotopic (exact) mass is 418 g/mol. The van der Waals surface area contributed by atoms with Gasteiger partial charge >= 0.3 is 0 Å². The van der Waals surface area contributed by atoms with Gasteiger partial charge in [-0.2, -0.15) is 0 Å². The van der Waals surface area contributed by atoms with E-state index in [1.165, 1.54) is 0 Å². The molecule has 0 bridgehead atoms. The number of anilines is 1. The van der Waals surface area contributed by atoms with Crippen LogP contribution in [0.3, 0.4) is 0 Å². The molecule has 0 spiro atoms. The number of aryl methyl sites for hydroxylation is 1. The summed E-state index contributed by atoms with van der Waals surface area (Å²) in [5.74, 6) is 1.56. The maximum absolute atomic E-state index is 5.85. The minimum absolute atomic E-state index is 0. The summed E-state index contributed by atoms with van der Waals surface area (Å²) >= 11 is 0. The van der Waals surface area contributed by atoms with E-state index in [9.17, 15) is 0 Å². The molecule has 22 heavy (non-hydrogen) atoms. The Morgan fingerprint density at radius 3 is 2.64 bits per heavy atom. The summed E-state index contributed by atoms with van der Waals surface area (Å²) in [6, 6.07) is 5.40. The fraction of sp³-hybridized carbons (Fsp3) is 0.308. The molecule has 0 unspecified atom stereocenters. The molecule has 0 aliphatic rings. The van der Waals surface area contributed by atoms with Gasteiger partial charge in [-0.15, -0.1) is 29.1 Å². The van der Waals surface area contributed by atoms with Crippen molar-refractivity contribution in [1.82, 2.24) is 15.0 Å². The third kappa shape index (κ3) is 4.48. The second-order valence-corrected chi connectivity index (χ2v) is 4.25. The quantitative estimate of drug-likeness (QED) is 0.433. The number of methoxy groups -OCH3 is 2. The number of rotatable bonds is 5. The number of nitrogens with zero attached hydrogens (tertiary/aromatic N) is 4. The van der Waals surface area contributed by atoms with Crippen LogP contribution in [-0.4, -0.2) is 35.2 Å². The molecule has 0 amide bonds. The third-order valence-corrected chi connectivity index (χ3v) is 2.88. The van der Waals surface area contributed by atoms with E-state index in [1.807, 2.05) is 6.07 Å². The summed E-state index contributed by atoms with van der Waals surface area (Å²) < 4.78 is 12.0. The summed E-state index contributed by atoms with van der Waals surface area (Å²) in [6.07, 6.45) is 1.65. The average Bonchev–Trinajstić information content (AvgIpc) is 2.90. The molecule has 0 radical (unpaired) electrons. The maximum atomic E-state index is 5.85. The van der Waals surface area contributed by atoms with Crippen LogP contribution in [-0.2, 0) is 13.6 Å². The van der Waals surface area contributed by atoms with E-state index in [0.717, 1.165) is 11.4 Å². The van der Waals surface area contributed by atoms with Crippen molar-refractivity contribution in [3.63, 3.8) is 0 Å². The van der Waals surface area contributed by atoms with Crippen molar-refractivity contribution < 1.29 is 9.47 Å². The van der Waals surface area contributed by atoms with Crippen molar-refractivity contribution in [3.8, 4) is 11.5 Å². The van der Waals surface area contributed by atoms with E-state index < -0.39 is 0 Å². The predicted molar refractivity (Wildman–Crippen MR) is 94.9 cm³/mol. The highest BCUT2D eigenvalue weighted by molar-refractivity contribution is 14.0. The Labute approximate surface area is 145 Å². The number of halogens is 1. The first kappa shape index (κ1) is 18.0. The lowest BCUT2D eigenvalue weighted by atomic mass is 10.3. The van der Waals surface area contributed by atoms with Crippen molar-refractivity contribution >= 4 is 35.6 Å². The average molecular weight is 418 g/mol. The lowest BCUT2D eigenvalue weighted by Gasteiger charge is -2.10. The van der Waals surface area contributed by atoms with Gasteiger partial charge in [0.25, 0.3) is 0 Å². The van der Waals surface area contributed by atoms with E-state index in [1.54, 1.807) is 44.3 Å². The molecule has 0 fully saturated rings. The molecular formula is C13H19IN6O2. The molecule has 0 aliphatic heterocycles. The molecule has 2 aromatic rings. The fourth-order valence-corrected chi connectivity index (χ4v) is 1.72. The molecule has 0 aliphatic carbocycles. The maximum Gasteiger partial charge on any atom is 0.193 e.